The van der Waals surface area contributed by atoms with Gasteiger partial charge in [0.2, 0.25) is 5.70 Å². The maximum atomic E-state index is 15.2. The average molecular weight is 871 g/mol. The fourth-order valence-electron chi connectivity index (χ4n) is 9.09. The molecule has 2 aliphatic rings. The van der Waals surface area contributed by atoms with E-state index >= 15 is 8.78 Å². The monoisotopic (exact) mass is 870 g/mol. The van der Waals surface area contributed by atoms with E-state index in [1.807, 2.05) is 0 Å². The Balaban J connectivity index is 1.65. The van der Waals surface area contributed by atoms with Crippen LogP contribution < -0.4 is 0 Å². The van der Waals surface area contributed by atoms with Crippen molar-refractivity contribution in [1.82, 2.24) is 0 Å². The third-order valence-corrected chi connectivity index (χ3v) is 11.7. The van der Waals surface area contributed by atoms with Crippen LogP contribution in [-0.2, 0) is 0 Å². The van der Waals surface area contributed by atoms with Gasteiger partial charge in [-0.2, -0.15) is 26.3 Å². The molecule has 9 rings (SSSR count). The van der Waals surface area contributed by atoms with Crippen LogP contribution in [0, 0.1) is 88.0 Å². The van der Waals surface area contributed by atoms with Crippen molar-refractivity contribution in [1.29, 1.82) is 26.3 Å². The molecule has 0 atom stereocenters. The largest absolute Gasteiger partial charge is 0.239 e. The van der Waals surface area contributed by atoms with E-state index < -0.39 is 11.6 Å². The second-order valence-electron chi connectivity index (χ2n) is 15.4. The first-order valence-corrected chi connectivity index (χ1v) is 20.5. The summed E-state index contributed by atoms with van der Waals surface area (Å²) in [5, 5.41) is 54.9. The van der Waals surface area contributed by atoms with E-state index in [1.54, 1.807) is 60.7 Å². The smallest absolute Gasteiger partial charge is 0.203 e. The van der Waals surface area contributed by atoms with Crippen LogP contribution in [0.4, 0.5) is 20.2 Å². The summed E-state index contributed by atoms with van der Waals surface area (Å²) < 4.78 is 30.2. The van der Waals surface area contributed by atoms with Crippen LogP contribution in [0.1, 0.15) is 55.6 Å². The summed E-state index contributed by atoms with van der Waals surface area (Å²) in [5.74, 6) is -1.16. The van der Waals surface area contributed by atoms with Crippen molar-refractivity contribution in [2.24, 2.45) is 0 Å². The third-order valence-electron chi connectivity index (χ3n) is 11.7. The Bertz CT molecular complexity index is 3590. The molecule has 0 unspecified atom stereocenters. The first kappa shape index (κ1) is 42.6. The quantitative estimate of drug-likeness (QED) is 0.121. The van der Waals surface area contributed by atoms with Crippen LogP contribution in [0.3, 0.4) is 0 Å². The van der Waals surface area contributed by atoms with Crippen LogP contribution in [0.25, 0.3) is 81.5 Å². The van der Waals surface area contributed by atoms with E-state index in [-0.39, 0.29) is 112 Å². The molecule has 0 saturated carbocycles. The fourth-order valence-corrected chi connectivity index (χ4v) is 9.09. The molecule has 0 bridgehead atoms. The van der Waals surface area contributed by atoms with Gasteiger partial charge in [0.1, 0.15) is 29.8 Å². The summed E-state index contributed by atoms with van der Waals surface area (Å²) in [6.45, 7) is 24.8. The molecule has 0 aliphatic heterocycles. The minimum Gasteiger partial charge on any atom is -0.239 e. The molecule has 10 heteroatoms. The van der Waals surface area contributed by atoms with Crippen molar-refractivity contribution >= 4 is 56.1 Å². The van der Waals surface area contributed by atoms with Crippen LogP contribution >= 0.6 is 0 Å². The van der Waals surface area contributed by atoms with Crippen LogP contribution in [0.2, 0.25) is 0 Å². The second kappa shape index (κ2) is 17.4. The van der Waals surface area contributed by atoms with Crippen molar-refractivity contribution in [3.63, 3.8) is 0 Å². The number of hydrogen-bond donors (Lipinski definition) is 0. The molecule has 0 heterocycles. The first-order valence-electron chi connectivity index (χ1n) is 20.5. The molecule has 0 fully saturated rings. The maximum Gasteiger partial charge on any atom is 0.203 e. The predicted octanol–water partition coefficient (Wildman–Crippen LogP) is 14.3. The molecule has 68 heavy (non-hydrogen) atoms. The molecule has 0 aromatic heterocycles. The molecule has 7 aromatic rings. The van der Waals surface area contributed by atoms with Gasteiger partial charge in [0.05, 0.1) is 59.7 Å². The number of fused-ring (bicyclic) bond motifs is 2. The number of allylic oxidation sites excluding steroid dienone is 7. The van der Waals surface area contributed by atoms with E-state index in [4.69, 9.17) is 19.7 Å². The first-order chi connectivity index (χ1) is 33.2. The number of rotatable bonds is 6. The number of halogens is 2. The minimum atomic E-state index is -0.585. The van der Waals surface area contributed by atoms with Gasteiger partial charge in [0.25, 0.3) is 0 Å². The van der Waals surface area contributed by atoms with Gasteiger partial charge < -0.3 is 0 Å². The Hall–Kier alpha value is -10.7. The zero-order valence-electron chi connectivity index (χ0n) is 35.2. The molecule has 0 spiro atoms. The topological polar surface area (TPSA) is 132 Å². The zero-order valence-corrected chi connectivity index (χ0v) is 35.2. The van der Waals surface area contributed by atoms with E-state index in [0.717, 1.165) is 0 Å². The highest BCUT2D eigenvalue weighted by Gasteiger charge is 2.44. The lowest BCUT2D eigenvalue weighted by Crippen LogP contribution is -2.05. The van der Waals surface area contributed by atoms with Crippen LogP contribution in [0.15, 0.2) is 146 Å². The molecule has 0 N–H and O–H groups in total. The SMILES string of the molecule is [C-]#[N+]C1=C(c2ccccc2)/C(=C(/C#N)c2cc([N+]#[C-])cc([N+]#[C-])c2)c2c1c(-c1ccc(F)cc1)c1c(c2-c2ccc(F)cc2)/C(=C(\C#N)c2cc(C#N)cc(C#N)c2)C(c2ccccc2)=C1C#N. The highest BCUT2D eigenvalue weighted by molar-refractivity contribution is 6.38. The molecule has 7 aromatic carbocycles. The van der Waals surface area contributed by atoms with Gasteiger partial charge in [-0.25, -0.2) is 23.3 Å². The fraction of sp³-hybridized carbons (Fsp3) is 0. The lowest BCUT2D eigenvalue weighted by atomic mass is 9.77. The van der Waals surface area contributed by atoms with Crippen molar-refractivity contribution in [3.8, 4) is 52.6 Å². The molecule has 0 radical (unpaired) electrons. The van der Waals surface area contributed by atoms with Gasteiger partial charge >= 0.3 is 0 Å². The minimum absolute atomic E-state index is 0.0336. The van der Waals surface area contributed by atoms with E-state index in [0.29, 0.717) is 22.3 Å². The van der Waals surface area contributed by atoms with Crippen molar-refractivity contribution in [2.45, 2.75) is 0 Å². The molecule has 0 amide bonds. The highest BCUT2D eigenvalue weighted by atomic mass is 19.1. The number of nitriles is 5. The molecular weight excluding hydrogens is 847 g/mol. The Morgan fingerprint density at radius 1 is 0.412 bits per heavy atom. The second-order valence-corrected chi connectivity index (χ2v) is 15.4. The van der Waals surface area contributed by atoms with Gasteiger partial charge in [-0.05, 0) is 109 Å². The van der Waals surface area contributed by atoms with E-state index in [9.17, 15) is 26.3 Å². The van der Waals surface area contributed by atoms with Gasteiger partial charge in [-0.1, -0.05) is 103 Å². The Kier molecular flexibility index (Phi) is 10.9. The lowest BCUT2D eigenvalue weighted by molar-refractivity contribution is 0.627. The Labute approximate surface area is 389 Å². The van der Waals surface area contributed by atoms with Gasteiger partial charge in [-0.3, -0.25) is 0 Å². The third kappa shape index (κ3) is 6.93. The highest BCUT2D eigenvalue weighted by Crippen LogP contribution is 2.63. The molecule has 310 valence electrons. The average Bonchev–Trinajstić information content (AvgIpc) is 3.90. The number of hydrogen-bond acceptors (Lipinski definition) is 5. The lowest BCUT2D eigenvalue weighted by Gasteiger charge is -2.24. The molecular formula is C58H24F2N8. The maximum absolute atomic E-state index is 15.2. The summed E-state index contributed by atoms with van der Waals surface area (Å²) >= 11 is 0. The summed E-state index contributed by atoms with van der Waals surface area (Å²) in [5.41, 5.74) is 4.95. The molecule has 2 aliphatic carbocycles. The zero-order chi connectivity index (χ0) is 47.6. The molecule has 0 saturated heterocycles. The van der Waals surface area contributed by atoms with Crippen LogP contribution in [0.5, 0.6) is 0 Å². The van der Waals surface area contributed by atoms with E-state index in [2.05, 4.69) is 44.9 Å². The number of nitrogens with zero attached hydrogens (tertiary/aromatic N) is 8. The van der Waals surface area contributed by atoms with Gasteiger partial charge in [0.15, 0.2) is 11.4 Å². The number of benzene rings is 7. The molecule has 8 nitrogen and oxygen atoms in total. The Morgan fingerprint density at radius 3 is 1.29 bits per heavy atom. The normalized spacial score (nSPS) is 13.6. The van der Waals surface area contributed by atoms with E-state index in [1.165, 1.54) is 84.9 Å². The van der Waals surface area contributed by atoms with Crippen molar-refractivity contribution < 1.29 is 8.78 Å². The van der Waals surface area contributed by atoms with Gasteiger partial charge in [0, 0.05) is 22.3 Å². The van der Waals surface area contributed by atoms with Crippen molar-refractivity contribution in [2.75, 3.05) is 0 Å². The summed E-state index contributed by atoms with van der Waals surface area (Å²) in [7, 11) is 0. The summed E-state index contributed by atoms with van der Waals surface area (Å²) in [6.07, 6.45) is 0. The standard InChI is InChI=1S/C58H24F2N8/c1-66-43-25-40(26-44(27-43)67-2)46(31-64)53-51(36-12-8-5-9-13-36)58(68-3)57-49(37-14-18-41(59)19-15-37)54-47(32-65)48(35-10-6-4-7-11-35)52(45(30-63)39-23-33(28-61)22-34(24-39)29-62)55(54)50(56(53)57)38-16-20-42(60)21-17-38/h4-27H/b52-45+,53-46+. The summed E-state index contributed by atoms with van der Waals surface area (Å²) in [6, 6.07) is 48.7. The van der Waals surface area contributed by atoms with Gasteiger partial charge in [-0.15, -0.1) is 0 Å². The van der Waals surface area contributed by atoms with Crippen LogP contribution in [-0.4, -0.2) is 0 Å². The van der Waals surface area contributed by atoms with Crippen molar-refractivity contribution in [3.05, 3.63) is 247 Å². The summed E-state index contributed by atoms with van der Waals surface area (Å²) in [4.78, 5) is 11.4. The predicted molar refractivity (Wildman–Crippen MR) is 256 cm³/mol. The Morgan fingerprint density at radius 2 is 0.853 bits per heavy atom.